The smallest absolute Gasteiger partial charge is 0.291 e. The molecule has 1 aliphatic carbocycles. The van der Waals surface area contributed by atoms with Gasteiger partial charge in [-0.25, -0.2) is 5.43 Å². The second-order valence-corrected chi connectivity index (χ2v) is 9.90. The van der Waals surface area contributed by atoms with Gasteiger partial charge in [-0.1, -0.05) is 29.8 Å². The lowest BCUT2D eigenvalue weighted by molar-refractivity contribution is -0.120. The number of hydrazone groups is 1. The van der Waals surface area contributed by atoms with Crippen LogP contribution in [-0.4, -0.2) is 17.5 Å². The van der Waals surface area contributed by atoms with Gasteiger partial charge in [0.15, 0.2) is 5.76 Å². The highest BCUT2D eigenvalue weighted by atomic mass is 16.4. The summed E-state index contributed by atoms with van der Waals surface area (Å²) in [5.74, 6) is 0.491. The van der Waals surface area contributed by atoms with E-state index in [1.807, 2.05) is 65.0 Å². The summed E-state index contributed by atoms with van der Waals surface area (Å²) >= 11 is 0. The summed E-state index contributed by atoms with van der Waals surface area (Å²) in [4.78, 5) is 25.8. The summed E-state index contributed by atoms with van der Waals surface area (Å²) < 4.78 is 11.7. The Hall–Kier alpha value is -4.13. The normalized spacial score (nSPS) is 14.1. The molecule has 1 aliphatic rings. The number of nitrogens with one attached hydrogen (secondary N) is 2. The highest BCUT2D eigenvalue weighted by molar-refractivity contribution is 6.09. The van der Waals surface area contributed by atoms with Gasteiger partial charge in [0.2, 0.25) is 5.91 Å². The second kappa shape index (κ2) is 9.73. The van der Waals surface area contributed by atoms with Gasteiger partial charge in [-0.15, -0.1) is 0 Å². The molecule has 190 valence electrons. The van der Waals surface area contributed by atoms with Crippen molar-refractivity contribution in [3.63, 3.8) is 0 Å². The monoisotopic (exact) mass is 497 g/mol. The Morgan fingerprint density at radius 2 is 1.78 bits per heavy atom. The lowest BCUT2D eigenvalue weighted by atomic mass is 9.93. The van der Waals surface area contributed by atoms with Crippen LogP contribution in [-0.2, 0) is 17.6 Å². The molecule has 5 rings (SSSR count). The number of anilines is 1. The molecule has 0 saturated heterocycles. The highest BCUT2D eigenvalue weighted by Crippen LogP contribution is 2.31. The lowest BCUT2D eigenvalue weighted by Gasteiger charge is -2.13. The average Bonchev–Trinajstić information content (AvgIpc) is 3.43. The molecule has 0 aliphatic heterocycles. The van der Waals surface area contributed by atoms with Gasteiger partial charge in [0.25, 0.3) is 5.91 Å². The minimum absolute atomic E-state index is 0.160. The number of fused-ring (bicyclic) bond motifs is 2. The molecule has 0 fully saturated rings. The van der Waals surface area contributed by atoms with Gasteiger partial charge in [0.05, 0.1) is 18.4 Å². The molecule has 2 aromatic heterocycles. The van der Waals surface area contributed by atoms with Crippen LogP contribution in [0.2, 0.25) is 0 Å². The van der Waals surface area contributed by atoms with Crippen molar-refractivity contribution in [1.29, 1.82) is 0 Å². The van der Waals surface area contributed by atoms with E-state index in [0.717, 1.165) is 79.9 Å². The van der Waals surface area contributed by atoms with Gasteiger partial charge in [-0.3, -0.25) is 9.59 Å². The van der Waals surface area contributed by atoms with Crippen molar-refractivity contribution in [1.82, 2.24) is 5.43 Å². The molecule has 0 bridgehead atoms. The third-order valence-corrected chi connectivity index (χ3v) is 7.17. The molecule has 0 spiro atoms. The maximum atomic E-state index is 13.1. The maximum absolute atomic E-state index is 13.1. The van der Waals surface area contributed by atoms with E-state index in [4.69, 9.17) is 8.83 Å². The molecule has 2 aromatic carbocycles. The number of hydrogen-bond acceptors (Lipinski definition) is 5. The molecule has 0 radical (unpaired) electrons. The van der Waals surface area contributed by atoms with Gasteiger partial charge >= 0.3 is 0 Å². The van der Waals surface area contributed by atoms with Crippen molar-refractivity contribution in [2.45, 2.75) is 60.3 Å². The first-order valence-corrected chi connectivity index (χ1v) is 12.6. The number of nitrogens with zero attached hydrogens (tertiary/aromatic N) is 1. The fourth-order valence-electron chi connectivity index (χ4n) is 5.00. The Labute approximate surface area is 215 Å². The number of hydrogen-bond donors (Lipinski definition) is 2. The third-order valence-electron chi connectivity index (χ3n) is 7.17. The molecular weight excluding hydrogens is 466 g/mol. The van der Waals surface area contributed by atoms with Crippen molar-refractivity contribution in [3.8, 4) is 0 Å². The van der Waals surface area contributed by atoms with E-state index in [1.54, 1.807) is 6.26 Å². The highest BCUT2D eigenvalue weighted by Gasteiger charge is 2.28. The molecule has 0 atom stereocenters. The number of furan rings is 2. The van der Waals surface area contributed by atoms with Gasteiger partial charge in [-0.2, -0.15) is 5.10 Å². The first-order chi connectivity index (χ1) is 17.7. The standard InChI is InChI=1S/C30H31N3O4/c1-16-9-12-23(18(3)13-16)31-30(35)29-20(5)27-24(7-6-8-25(27)37-29)32-33-26(34)14-21-15-36-28-19(4)17(2)10-11-22(21)28/h9-13,15H,6-8,14H2,1-5H3,(H,31,35)(H,33,34)/b32-24+. The van der Waals surface area contributed by atoms with E-state index in [2.05, 4.69) is 15.8 Å². The van der Waals surface area contributed by atoms with Crippen LogP contribution in [0.5, 0.6) is 0 Å². The van der Waals surface area contributed by atoms with E-state index in [9.17, 15) is 9.59 Å². The number of amides is 2. The minimum Gasteiger partial charge on any atom is -0.464 e. The molecule has 2 amide bonds. The number of carbonyl (C=O) groups excluding carboxylic acids is 2. The fraction of sp³-hybridized carbons (Fsp3) is 0.300. The predicted octanol–water partition coefficient (Wildman–Crippen LogP) is 6.22. The van der Waals surface area contributed by atoms with Crippen LogP contribution >= 0.6 is 0 Å². The Morgan fingerprint density at radius 3 is 2.57 bits per heavy atom. The van der Waals surface area contributed by atoms with Crippen LogP contribution in [0.25, 0.3) is 11.0 Å². The lowest BCUT2D eigenvalue weighted by Crippen LogP contribution is -2.23. The Morgan fingerprint density at radius 1 is 0.973 bits per heavy atom. The summed E-state index contributed by atoms with van der Waals surface area (Å²) in [6.45, 7) is 9.90. The predicted molar refractivity (Wildman–Crippen MR) is 144 cm³/mol. The summed E-state index contributed by atoms with van der Waals surface area (Å²) in [5.41, 5.74) is 11.7. The SMILES string of the molecule is Cc1ccc(NC(=O)c2oc3c(c2C)/C(=N/NC(=O)Cc2coc4c(C)c(C)ccc24)CCC3)c(C)c1. The Kier molecular flexibility index (Phi) is 6.46. The molecule has 2 heterocycles. The molecular formula is C30H31N3O4. The molecule has 0 saturated carbocycles. The first-order valence-electron chi connectivity index (χ1n) is 12.6. The van der Waals surface area contributed by atoms with E-state index in [-0.39, 0.29) is 24.0 Å². The Balaban J connectivity index is 1.33. The molecule has 37 heavy (non-hydrogen) atoms. The number of carbonyl (C=O) groups is 2. The van der Waals surface area contributed by atoms with E-state index >= 15 is 0 Å². The number of aryl methyl sites for hydroxylation is 5. The summed E-state index contributed by atoms with van der Waals surface area (Å²) in [7, 11) is 0. The summed E-state index contributed by atoms with van der Waals surface area (Å²) in [5, 5.41) is 8.36. The van der Waals surface area contributed by atoms with Crippen LogP contribution in [0.3, 0.4) is 0 Å². The number of benzene rings is 2. The average molecular weight is 498 g/mol. The van der Waals surface area contributed by atoms with Gasteiger partial charge in [0.1, 0.15) is 11.3 Å². The summed E-state index contributed by atoms with van der Waals surface area (Å²) in [6, 6.07) is 9.91. The van der Waals surface area contributed by atoms with Crippen molar-refractivity contribution >= 4 is 34.2 Å². The zero-order valence-corrected chi connectivity index (χ0v) is 21.9. The molecule has 2 N–H and O–H groups in total. The van der Waals surface area contributed by atoms with Crippen LogP contribution in [0.1, 0.15) is 68.1 Å². The van der Waals surface area contributed by atoms with Crippen molar-refractivity contribution in [3.05, 3.63) is 87.1 Å². The van der Waals surface area contributed by atoms with Crippen molar-refractivity contribution in [2.24, 2.45) is 5.10 Å². The Bertz CT molecular complexity index is 1570. The first kappa shape index (κ1) is 24.6. The van der Waals surface area contributed by atoms with E-state index < -0.39 is 0 Å². The van der Waals surface area contributed by atoms with Gasteiger partial charge in [-0.05, 0) is 70.2 Å². The maximum Gasteiger partial charge on any atom is 0.291 e. The molecule has 4 aromatic rings. The topological polar surface area (TPSA) is 96.8 Å². The molecule has 0 unspecified atom stereocenters. The second-order valence-electron chi connectivity index (χ2n) is 9.90. The largest absolute Gasteiger partial charge is 0.464 e. The number of rotatable bonds is 5. The van der Waals surface area contributed by atoms with Crippen molar-refractivity contribution in [2.75, 3.05) is 5.32 Å². The van der Waals surface area contributed by atoms with Gasteiger partial charge < -0.3 is 14.2 Å². The van der Waals surface area contributed by atoms with E-state index in [1.165, 1.54) is 0 Å². The summed E-state index contributed by atoms with van der Waals surface area (Å²) in [6.07, 6.45) is 4.05. The van der Waals surface area contributed by atoms with Crippen molar-refractivity contribution < 1.29 is 18.4 Å². The third kappa shape index (κ3) is 4.69. The van der Waals surface area contributed by atoms with Crippen LogP contribution < -0.4 is 10.7 Å². The minimum atomic E-state index is -0.292. The zero-order valence-electron chi connectivity index (χ0n) is 21.9. The molecule has 7 heteroatoms. The van der Waals surface area contributed by atoms with Gasteiger partial charge in [0, 0.05) is 34.2 Å². The quantitative estimate of drug-likeness (QED) is 0.320. The molecule has 7 nitrogen and oxygen atoms in total. The van der Waals surface area contributed by atoms with Crippen LogP contribution in [0.4, 0.5) is 5.69 Å². The van der Waals surface area contributed by atoms with Crippen LogP contribution in [0, 0.1) is 34.6 Å². The zero-order chi connectivity index (χ0) is 26.3. The fourth-order valence-corrected chi connectivity index (χ4v) is 5.00. The van der Waals surface area contributed by atoms with Crippen LogP contribution in [0.15, 0.2) is 50.5 Å². The van der Waals surface area contributed by atoms with E-state index in [0.29, 0.717) is 6.42 Å².